The molecule has 0 spiro atoms. The van der Waals surface area contributed by atoms with E-state index >= 15 is 0 Å². The quantitative estimate of drug-likeness (QED) is 0.546. The SMILES string of the molecule is CNC(C)(CC(C)SCCCO)C(=O)O. The number of nitrogens with one attached hydrogen (secondary N) is 1. The zero-order valence-corrected chi connectivity index (χ0v) is 10.4. The summed E-state index contributed by atoms with van der Waals surface area (Å²) in [5.74, 6) is 0.0523. The number of carboxylic acid groups (broad SMARTS) is 1. The lowest BCUT2D eigenvalue weighted by atomic mass is 9.96. The number of aliphatic hydroxyl groups excluding tert-OH is 1. The summed E-state index contributed by atoms with van der Waals surface area (Å²) < 4.78 is 0. The molecule has 0 amide bonds. The number of rotatable bonds is 8. The Balaban J connectivity index is 4.01. The van der Waals surface area contributed by atoms with Crippen LogP contribution in [0.5, 0.6) is 0 Å². The van der Waals surface area contributed by atoms with E-state index in [1.54, 1.807) is 25.7 Å². The van der Waals surface area contributed by atoms with Crippen LogP contribution < -0.4 is 5.32 Å². The Bertz CT molecular complexity index is 201. The minimum atomic E-state index is -0.856. The number of thioether (sulfide) groups is 1. The van der Waals surface area contributed by atoms with Gasteiger partial charge in [0.15, 0.2) is 0 Å². The molecule has 0 aromatic carbocycles. The van der Waals surface area contributed by atoms with Crippen molar-refractivity contribution in [2.45, 2.75) is 37.5 Å². The lowest BCUT2D eigenvalue weighted by Crippen LogP contribution is -2.49. The van der Waals surface area contributed by atoms with Crippen molar-refractivity contribution in [3.63, 3.8) is 0 Å². The molecule has 0 aliphatic rings. The molecule has 90 valence electrons. The number of aliphatic carboxylic acids is 1. The van der Waals surface area contributed by atoms with Crippen LogP contribution in [0.1, 0.15) is 26.7 Å². The highest BCUT2D eigenvalue weighted by Crippen LogP contribution is 2.22. The summed E-state index contributed by atoms with van der Waals surface area (Å²) in [5.41, 5.74) is -0.856. The predicted octanol–water partition coefficient (Wildman–Crippen LogP) is 0.943. The zero-order chi connectivity index (χ0) is 11.9. The largest absolute Gasteiger partial charge is 0.480 e. The molecule has 0 saturated carbocycles. The van der Waals surface area contributed by atoms with E-state index in [0.717, 1.165) is 12.2 Å². The van der Waals surface area contributed by atoms with Gasteiger partial charge in [0.2, 0.25) is 0 Å². The van der Waals surface area contributed by atoms with E-state index in [1.807, 2.05) is 6.92 Å². The van der Waals surface area contributed by atoms with Gasteiger partial charge < -0.3 is 15.5 Å². The predicted molar refractivity (Wildman–Crippen MR) is 63.3 cm³/mol. The maximum Gasteiger partial charge on any atom is 0.323 e. The summed E-state index contributed by atoms with van der Waals surface area (Å²) >= 11 is 1.70. The highest BCUT2D eigenvalue weighted by Gasteiger charge is 2.32. The van der Waals surface area contributed by atoms with Crippen molar-refractivity contribution < 1.29 is 15.0 Å². The topological polar surface area (TPSA) is 69.6 Å². The number of carboxylic acids is 1. The molecular formula is C10H21NO3S. The molecule has 0 saturated heterocycles. The molecule has 2 unspecified atom stereocenters. The smallest absolute Gasteiger partial charge is 0.323 e. The van der Waals surface area contributed by atoms with Crippen LogP contribution in [0.25, 0.3) is 0 Å². The van der Waals surface area contributed by atoms with Crippen molar-refractivity contribution in [2.24, 2.45) is 0 Å². The van der Waals surface area contributed by atoms with Gasteiger partial charge in [-0.25, -0.2) is 0 Å². The van der Waals surface area contributed by atoms with Crippen LogP contribution in [0.4, 0.5) is 0 Å². The standard InChI is InChI=1S/C10H21NO3S/c1-8(15-6-4-5-12)7-10(2,11-3)9(13)14/h8,11-12H,4-7H2,1-3H3,(H,13,14). The Morgan fingerprint density at radius 1 is 1.60 bits per heavy atom. The fraction of sp³-hybridized carbons (Fsp3) is 0.900. The molecule has 0 bridgehead atoms. The normalized spacial score (nSPS) is 17.1. The van der Waals surface area contributed by atoms with Gasteiger partial charge in [-0.2, -0.15) is 11.8 Å². The second-order valence-electron chi connectivity index (χ2n) is 3.85. The van der Waals surface area contributed by atoms with Crippen LogP contribution in [0, 0.1) is 0 Å². The molecule has 0 rings (SSSR count). The Labute approximate surface area is 95.4 Å². The van der Waals surface area contributed by atoms with Crippen LogP contribution in [0.3, 0.4) is 0 Å². The van der Waals surface area contributed by atoms with Crippen LogP contribution >= 0.6 is 11.8 Å². The van der Waals surface area contributed by atoms with Crippen LogP contribution in [-0.4, -0.2) is 46.4 Å². The fourth-order valence-electron chi connectivity index (χ4n) is 1.28. The van der Waals surface area contributed by atoms with Crippen molar-refractivity contribution in [3.8, 4) is 0 Å². The molecule has 0 aliphatic heterocycles. The van der Waals surface area contributed by atoms with E-state index in [2.05, 4.69) is 5.32 Å². The first-order valence-electron chi connectivity index (χ1n) is 5.11. The summed E-state index contributed by atoms with van der Waals surface area (Å²) in [7, 11) is 1.67. The van der Waals surface area contributed by atoms with Gasteiger partial charge in [0.25, 0.3) is 0 Å². The van der Waals surface area contributed by atoms with Crippen molar-refractivity contribution >= 4 is 17.7 Å². The average molecular weight is 235 g/mol. The number of hydrogen-bond acceptors (Lipinski definition) is 4. The van der Waals surface area contributed by atoms with Gasteiger partial charge in [0.05, 0.1) is 0 Å². The molecule has 0 fully saturated rings. The molecule has 0 aliphatic carbocycles. The van der Waals surface area contributed by atoms with Gasteiger partial charge in [0, 0.05) is 11.9 Å². The number of likely N-dealkylation sites (N-methyl/N-ethyl adjacent to an activating group) is 1. The lowest BCUT2D eigenvalue weighted by Gasteiger charge is -2.27. The minimum absolute atomic E-state index is 0.196. The van der Waals surface area contributed by atoms with Crippen LogP contribution in [-0.2, 0) is 4.79 Å². The Morgan fingerprint density at radius 2 is 2.20 bits per heavy atom. The molecule has 3 N–H and O–H groups in total. The Morgan fingerprint density at radius 3 is 2.60 bits per heavy atom. The van der Waals surface area contributed by atoms with Crippen molar-refractivity contribution in [3.05, 3.63) is 0 Å². The molecule has 0 aromatic rings. The third-order valence-electron chi connectivity index (χ3n) is 2.42. The number of hydrogen-bond donors (Lipinski definition) is 3. The minimum Gasteiger partial charge on any atom is -0.480 e. The van der Waals surface area contributed by atoms with Gasteiger partial charge in [-0.05, 0) is 32.6 Å². The first kappa shape index (κ1) is 14.7. The molecule has 0 aromatic heterocycles. The third kappa shape index (κ3) is 5.39. The molecule has 0 heterocycles. The highest BCUT2D eigenvalue weighted by atomic mass is 32.2. The zero-order valence-electron chi connectivity index (χ0n) is 9.62. The Kier molecular flexibility index (Phi) is 6.96. The highest BCUT2D eigenvalue weighted by molar-refractivity contribution is 7.99. The second-order valence-corrected chi connectivity index (χ2v) is 5.40. The molecule has 15 heavy (non-hydrogen) atoms. The monoisotopic (exact) mass is 235 g/mol. The van der Waals surface area contributed by atoms with E-state index in [-0.39, 0.29) is 11.9 Å². The molecule has 0 radical (unpaired) electrons. The summed E-state index contributed by atoms with van der Waals surface area (Å²) in [6.45, 7) is 3.90. The first-order chi connectivity index (χ1) is 6.96. The number of aliphatic hydroxyl groups is 1. The second kappa shape index (κ2) is 7.09. The van der Waals surface area contributed by atoms with Gasteiger partial charge in [-0.3, -0.25) is 4.79 Å². The maximum absolute atomic E-state index is 11.0. The van der Waals surface area contributed by atoms with Crippen molar-refractivity contribution in [2.75, 3.05) is 19.4 Å². The lowest BCUT2D eigenvalue weighted by molar-refractivity contribution is -0.144. The van der Waals surface area contributed by atoms with Gasteiger partial charge >= 0.3 is 5.97 Å². The van der Waals surface area contributed by atoms with E-state index in [1.165, 1.54) is 0 Å². The van der Waals surface area contributed by atoms with E-state index < -0.39 is 11.5 Å². The summed E-state index contributed by atoms with van der Waals surface area (Å²) in [6, 6.07) is 0. The first-order valence-corrected chi connectivity index (χ1v) is 6.16. The summed E-state index contributed by atoms with van der Waals surface area (Å²) in [4.78, 5) is 11.0. The average Bonchev–Trinajstić information content (AvgIpc) is 2.17. The third-order valence-corrected chi connectivity index (χ3v) is 3.68. The Hall–Kier alpha value is -0.260. The molecule has 5 heteroatoms. The van der Waals surface area contributed by atoms with Gasteiger partial charge in [0.1, 0.15) is 5.54 Å². The maximum atomic E-state index is 11.0. The van der Waals surface area contributed by atoms with E-state index in [9.17, 15) is 4.79 Å². The molecule has 2 atom stereocenters. The van der Waals surface area contributed by atoms with Crippen molar-refractivity contribution in [1.29, 1.82) is 0 Å². The van der Waals surface area contributed by atoms with Crippen molar-refractivity contribution in [1.82, 2.24) is 5.32 Å². The molecule has 4 nitrogen and oxygen atoms in total. The van der Waals surface area contributed by atoms with Gasteiger partial charge in [-0.1, -0.05) is 6.92 Å². The number of carbonyl (C=O) groups is 1. The van der Waals surface area contributed by atoms with E-state index in [4.69, 9.17) is 10.2 Å². The summed E-state index contributed by atoms with van der Waals surface area (Å²) in [6.07, 6.45) is 1.34. The van der Waals surface area contributed by atoms with Crippen LogP contribution in [0.2, 0.25) is 0 Å². The van der Waals surface area contributed by atoms with Crippen LogP contribution in [0.15, 0.2) is 0 Å². The summed E-state index contributed by atoms with van der Waals surface area (Å²) in [5, 5.41) is 20.8. The van der Waals surface area contributed by atoms with Gasteiger partial charge in [-0.15, -0.1) is 0 Å². The fourth-order valence-corrected chi connectivity index (χ4v) is 2.43. The van der Waals surface area contributed by atoms with E-state index in [0.29, 0.717) is 6.42 Å². The molecular weight excluding hydrogens is 214 g/mol.